The van der Waals surface area contributed by atoms with Gasteiger partial charge in [-0.15, -0.1) is 0 Å². The van der Waals surface area contributed by atoms with Crippen LogP contribution in [0.2, 0.25) is 5.02 Å². The van der Waals surface area contributed by atoms with Gasteiger partial charge >= 0.3 is 24.2 Å². The van der Waals surface area contributed by atoms with Crippen LogP contribution < -0.4 is 0 Å². The van der Waals surface area contributed by atoms with Gasteiger partial charge in [-0.3, -0.25) is 0 Å². The van der Waals surface area contributed by atoms with E-state index >= 15 is 0 Å². The first-order valence-electron chi connectivity index (χ1n) is 4.65. The second-order valence-electron chi connectivity index (χ2n) is 3.09. The van der Waals surface area contributed by atoms with Gasteiger partial charge in [0.1, 0.15) is 0 Å². The van der Waals surface area contributed by atoms with Crippen molar-refractivity contribution in [1.82, 2.24) is 0 Å². The van der Waals surface area contributed by atoms with Crippen LogP contribution in [0.3, 0.4) is 0 Å². The van der Waals surface area contributed by atoms with E-state index in [1.165, 1.54) is 12.1 Å². The lowest BCUT2D eigenvalue weighted by atomic mass is 10.2. The molecule has 0 heterocycles. The number of aliphatic hydroxyl groups excluding tert-OH is 1. The third-order valence-electron chi connectivity index (χ3n) is 1.85. The molecule has 1 aromatic carbocycles. The average molecular weight is 282 g/mol. The molecule has 0 radical (unpaired) electrons. The molecule has 0 aromatic heterocycles. The molecule has 0 spiro atoms. The molecule has 1 rings (SSSR count). The largest absolute Gasteiger partial charge is 0.518 e. The van der Waals surface area contributed by atoms with Crippen LogP contribution in [0.5, 0.6) is 0 Å². The standard InChI is InChI=1S/C11H8ClF3O3/c1-17-10(16)9(11(13,14)15)18-6-7-4-2-3-5-8(7)12/h2-6H,1H3/p+1/b10-9+. The number of alkyl halides is 3. The molecular weight excluding hydrogens is 273 g/mol. The zero-order valence-electron chi connectivity index (χ0n) is 9.16. The third kappa shape index (κ3) is 3.66. The van der Waals surface area contributed by atoms with E-state index in [0.717, 1.165) is 13.4 Å². The minimum atomic E-state index is -4.88. The van der Waals surface area contributed by atoms with Gasteiger partial charge in [-0.25, -0.2) is 4.42 Å². The Morgan fingerprint density at radius 3 is 2.50 bits per heavy atom. The number of rotatable bonds is 3. The number of aldehydes is 1. The molecule has 0 atom stereocenters. The van der Waals surface area contributed by atoms with Gasteiger partial charge in [0.05, 0.1) is 17.7 Å². The molecule has 0 bridgehead atoms. The maximum atomic E-state index is 12.5. The van der Waals surface area contributed by atoms with E-state index < -0.39 is 17.9 Å². The summed E-state index contributed by atoms with van der Waals surface area (Å²) in [5, 5.41) is 9.18. The topological polar surface area (TPSA) is 40.8 Å². The average Bonchev–Trinajstić information content (AvgIpc) is 2.29. The van der Waals surface area contributed by atoms with Crippen LogP contribution in [0.1, 0.15) is 9.99 Å². The fraction of sp³-hybridized carbons (Fsp3) is 0.182. The SMILES string of the molecule is CO/C(O)=C(/[O+]=Cc1ccccc1Cl)C(F)(F)F. The van der Waals surface area contributed by atoms with Crippen LogP contribution in [0.4, 0.5) is 13.2 Å². The summed E-state index contributed by atoms with van der Waals surface area (Å²) >= 11 is 5.73. The summed E-state index contributed by atoms with van der Waals surface area (Å²) in [6.45, 7) is 0. The van der Waals surface area contributed by atoms with Crippen LogP contribution in [0.25, 0.3) is 0 Å². The second kappa shape index (κ2) is 5.77. The Bertz CT molecular complexity index is 481. The van der Waals surface area contributed by atoms with Gasteiger partial charge in [0.25, 0.3) is 0 Å². The molecule has 0 fully saturated rings. The molecule has 0 unspecified atom stereocenters. The number of methoxy groups -OCH3 is 1. The number of ether oxygens (including phenoxy) is 1. The molecule has 0 saturated heterocycles. The Morgan fingerprint density at radius 2 is 2.00 bits per heavy atom. The predicted octanol–water partition coefficient (Wildman–Crippen LogP) is 3.62. The summed E-state index contributed by atoms with van der Waals surface area (Å²) in [4.78, 5) is 0. The number of aliphatic hydroxyl groups is 1. The number of benzene rings is 1. The first kappa shape index (κ1) is 14.4. The molecule has 0 aliphatic carbocycles. The summed E-state index contributed by atoms with van der Waals surface area (Å²) in [7, 11) is 0.889. The van der Waals surface area contributed by atoms with E-state index in [0.29, 0.717) is 0 Å². The maximum Gasteiger partial charge on any atom is 0.518 e. The Labute approximate surface area is 106 Å². The normalized spacial score (nSPS) is 13.6. The van der Waals surface area contributed by atoms with Gasteiger partial charge in [-0.1, -0.05) is 23.7 Å². The molecule has 0 saturated carbocycles. The highest BCUT2D eigenvalue weighted by Crippen LogP contribution is 2.28. The summed E-state index contributed by atoms with van der Waals surface area (Å²) in [5.74, 6) is -3.00. The van der Waals surface area contributed by atoms with E-state index in [4.69, 9.17) is 16.7 Å². The van der Waals surface area contributed by atoms with Gasteiger partial charge in [-0.05, 0) is 12.1 Å². The molecule has 1 N–H and O–H groups in total. The number of hydrogen-bond acceptors (Lipinski definition) is 2. The van der Waals surface area contributed by atoms with E-state index in [-0.39, 0.29) is 10.6 Å². The lowest BCUT2D eigenvalue weighted by Gasteiger charge is -1.99. The van der Waals surface area contributed by atoms with Crippen LogP contribution in [-0.4, -0.2) is 24.7 Å². The molecule has 1 aromatic rings. The van der Waals surface area contributed by atoms with Gasteiger partial charge in [-0.2, -0.15) is 13.2 Å². The van der Waals surface area contributed by atoms with Gasteiger partial charge in [0.15, 0.2) is 0 Å². The van der Waals surface area contributed by atoms with E-state index in [1.807, 2.05) is 0 Å². The van der Waals surface area contributed by atoms with E-state index in [9.17, 15) is 13.2 Å². The highest BCUT2D eigenvalue weighted by atomic mass is 35.5. The van der Waals surface area contributed by atoms with Crippen molar-refractivity contribution in [2.75, 3.05) is 7.11 Å². The minimum Gasteiger partial charge on any atom is -0.474 e. The summed E-state index contributed by atoms with van der Waals surface area (Å²) in [6, 6.07) is 6.14. The number of hydrogen-bond donors (Lipinski definition) is 1. The molecule has 3 nitrogen and oxygen atoms in total. The highest BCUT2D eigenvalue weighted by molar-refractivity contribution is 6.32. The first-order chi connectivity index (χ1) is 8.36. The first-order valence-corrected chi connectivity index (χ1v) is 5.03. The van der Waals surface area contributed by atoms with Gasteiger partial charge in [0.2, 0.25) is 0 Å². The quantitative estimate of drug-likeness (QED) is 0.522. The zero-order valence-corrected chi connectivity index (χ0v) is 9.92. The van der Waals surface area contributed by atoms with Crippen molar-refractivity contribution in [3.8, 4) is 0 Å². The summed E-state index contributed by atoms with van der Waals surface area (Å²) in [6.07, 6.45) is -4.10. The van der Waals surface area contributed by atoms with Crippen LogP contribution in [0.15, 0.2) is 36.0 Å². The van der Waals surface area contributed by atoms with E-state index in [2.05, 4.69) is 9.16 Å². The predicted molar refractivity (Wildman–Crippen MR) is 59.6 cm³/mol. The fourth-order valence-electron chi connectivity index (χ4n) is 1.02. The molecule has 0 aliphatic heterocycles. The molecule has 98 valence electrons. The molecule has 7 heteroatoms. The van der Waals surface area contributed by atoms with Crippen molar-refractivity contribution in [2.24, 2.45) is 0 Å². The molecule has 0 amide bonds. The van der Waals surface area contributed by atoms with Crippen molar-refractivity contribution >= 4 is 17.9 Å². The monoisotopic (exact) mass is 281 g/mol. The van der Waals surface area contributed by atoms with Crippen LogP contribution >= 0.6 is 11.6 Å². The Balaban J connectivity index is 3.11. The van der Waals surface area contributed by atoms with Gasteiger partial charge in [0, 0.05) is 0 Å². The molecule has 0 aliphatic rings. The highest BCUT2D eigenvalue weighted by Gasteiger charge is 2.49. The smallest absolute Gasteiger partial charge is 0.474 e. The van der Waals surface area contributed by atoms with Gasteiger partial charge < -0.3 is 9.84 Å². The Hall–Kier alpha value is -1.69. The lowest BCUT2D eigenvalue weighted by molar-refractivity contribution is -0.292. The number of allylic oxidation sites excluding steroid dienone is 1. The van der Waals surface area contributed by atoms with Crippen LogP contribution in [0, 0.1) is 0 Å². The van der Waals surface area contributed by atoms with Crippen molar-refractivity contribution < 1.29 is 27.4 Å². The molecule has 18 heavy (non-hydrogen) atoms. The Morgan fingerprint density at radius 1 is 1.39 bits per heavy atom. The van der Waals surface area contributed by atoms with Crippen molar-refractivity contribution in [3.63, 3.8) is 0 Å². The number of halogens is 4. The minimum absolute atomic E-state index is 0.218. The maximum absolute atomic E-state index is 12.5. The summed E-state index contributed by atoms with van der Waals surface area (Å²) < 4.78 is 45.9. The van der Waals surface area contributed by atoms with Crippen LogP contribution in [-0.2, 0) is 4.74 Å². The van der Waals surface area contributed by atoms with Crippen molar-refractivity contribution in [3.05, 3.63) is 46.6 Å². The second-order valence-corrected chi connectivity index (χ2v) is 3.50. The van der Waals surface area contributed by atoms with E-state index in [1.54, 1.807) is 12.1 Å². The Kier molecular flexibility index (Phi) is 4.61. The summed E-state index contributed by atoms with van der Waals surface area (Å²) in [5.41, 5.74) is 0.241. The third-order valence-corrected chi connectivity index (χ3v) is 2.20. The lowest BCUT2D eigenvalue weighted by Crippen LogP contribution is -2.14. The van der Waals surface area contributed by atoms with Crippen molar-refractivity contribution in [2.45, 2.75) is 6.18 Å². The number of carbonyl (C=O) groups excluding carboxylic acids is 1. The zero-order chi connectivity index (χ0) is 13.8. The van der Waals surface area contributed by atoms with Crippen molar-refractivity contribution in [1.29, 1.82) is 0 Å². The molecular formula is C11H9ClF3O3+. The fourth-order valence-corrected chi connectivity index (χ4v) is 1.20.